The lowest BCUT2D eigenvalue weighted by Gasteiger charge is -2.15. The molecule has 2 aromatic carbocycles. The Hall–Kier alpha value is -2.08. The van der Waals surface area contributed by atoms with Crippen LogP contribution >= 0.6 is 23.2 Å². The predicted octanol–water partition coefficient (Wildman–Crippen LogP) is 3.45. The zero-order valence-corrected chi connectivity index (χ0v) is 15.0. The Balaban J connectivity index is 1.75. The maximum absolute atomic E-state index is 12.5. The lowest BCUT2D eigenvalue weighted by molar-refractivity contribution is 0.0881. The van der Waals surface area contributed by atoms with Crippen molar-refractivity contribution in [2.24, 2.45) is 0 Å². The van der Waals surface area contributed by atoms with Gasteiger partial charge in [0.05, 0.1) is 22.6 Å². The number of ether oxygens (including phenoxy) is 1. The van der Waals surface area contributed by atoms with Gasteiger partial charge in [0, 0.05) is 10.4 Å². The zero-order chi connectivity index (χ0) is 18.0. The van der Waals surface area contributed by atoms with E-state index in [0.29, 0.717) is 21.2 Å². The second kappa shape index (κ2) is 7.44. The molecule has 0 bridgehead atoms. The average molecular weight is 379 g/mol. The smallest absolute Gasteiger partial charge is 0.274 e. The minimum absolute atomic E-state index is 0.0235. The van der Waals surface area contributed by atoms with Crippen molar-refractivity contribution in [2.75, 3.05) is 6.61 Å². The number of aliphatic hydroxyl groups excluding tert-OH is 1. The summed E-state index contributed by atoms with van der Waals surface area (Å²) >= 11 is 11.9. The molecule has 0 aliphatic carbocycles. The molecule has 3 aromatic rings. The van der Waals surface area contributed by atoms with Gasteiger partial charge in [0.15, 0.2) is 0 Å². The van der Waals surface area contributed by atoms with Crippen LogP contribution in [-0.4, -0.2) is 27.6 Å². The number of nitrogens with zero attached hydrogens (tertiary/aromatic N) is 2. The maximum atomic E-state index is 12.5. The highest BCUT2D eigenvalue weighted by Gasteiger charge is 2.13. The SMILES string of the molecule is Cc1nn(C[C@H](O)COc2ccc(Cl)cc2Cl)c(=O)c2ccccc12. The summed E-state index contributed by atoms with van der Waals surface area (Å²) in [5, 5.41) is 16.7. The topological polar surface area (TPSA) is 64.3 Å². The lowest BCUT2D eigenvalue weighted by Crippen LogP contribution is -2.32. The molecule has 0 saturated heterocycles. The molecular formula is C18H16Cl2N2O3. The molecule has 1 N–H and O–H groups in total. The fourth-order valence-electron chi connectivity index (χ4n) is 2.56. The Kier molecular flexibility index (Phi) is 5.27. The van der Waals surface area contributed by atoms with Crippen LogP contribution in [-0.2, 0) is 6.54 Å². The van der Waals surface area contributed by atoms with Crippen LogP contribution < -0.4 is 10.3 Å². The first kappa shape index (κ1) is 17.7. The monoisotopic (exact) mass is 378 g/mol. The molecule has 0 spiro atoms. The zero-order valence-electron chi connectivity index (χ0n) is 13.4. The van der Waals surface area contributed by atoms with Gasteiger partial charge in [-0.2, -0.15) is 5.10 Å². The van der Waals surface area contributed by atoms with E-state index in [2.05, 4.69) is 5.10 Å². The molecule has 130 valence electrons. The highest BCUT2D eigenvalue weighted by atomic mass is 35.5. The van der Waals surface area contributed by atoms with Crippen LogP contribution in [0.25, 0.3) is 10.8 Å². The van der Waals surface area contributed by atoms with Crippen LogP contribution in [0.5, 0.6) is 5.75 Å². The van der Waals surface area contributed by atoms with Crippen molar-refractivity contribution in [1.29, 1.82) is 0 Å². The van der Waals surface area contributed by atoms with Crippen LogP contribution in [0.4, 0.5) is 0 Å². The van der Waals surface area contributed by atoms with Crippen LogP contribution in [0.2, 0.25) is 10.0 Å². The number of rotatable bonds is 5. The molecule has 0 unspecified atom stereocenters. The summed E-state index contributed by atoms with van der Waals surface area (Å²) in [5.41, 5.74) is 0.480. The van der Waals surface area contributed by atoms with Crippen LogP contribution in [0.15, 0.2) is 47.3 Å². The number of benzene rings is 2. The van der Waals surface area contributed by atoms with Crippen LogP contribution in [0.3, 0.4) is 0 Å². The van der Waals surface area contributed by atoms with Gasteiger partial charge in [-0.15, -0.1) is 0 Å². The summed E-state index contributed by atoms with van der Waals surface area (Å²) in [7, 11) is 0. The van der Waals surface area contributed by atoms with Gasteiger partial charge in [0.1, 0.15) is 18.5 Å². The van der Waals surface area contributed by atoms with Crippen molar-refractivity contribution >= 4 is 34.0 Å². The Morgan fingerprint density at radius 2 is 1.92 bits per heavy atom. The first-order chi connectivity index (χ1) is 12.0. The summed E-state index contributed by atoms with van der Waals surface area (Å²) in [5.74, 6) is 0.417. The van der Waals surface area contributed by atoms with E-state index >= 15 is 0 Å². The van der Waals surface area contributed by atoms with Gasteiger partial charge < -0.3 is 9.84 Å². The first-order valence-corrected chi connectivity index (χ1v) is 8.43. The highest BCUT2D eigenvalue weighted by Crippen LogP contribution is 2.27. The van der Waals surface area contributed by atoms with Gasteiger partial charge in [-0.25, -0.2) is 4.68 Å². The molecule has 0 aliphatic rings. The molecule has 3 rings (SSSR count). The van der Waals surface area contributed by atoms with Crippen molar-refractivity contribution in [3.63, 3.8) is 0 Å². The third-order valence-electron chi connectivity index (χ3n) is 3.76. The molecule has 1 aromatic heterocycles. The van der Waals surface area contributed by atoms with E-state index in [9.17, 15) is 9.90 Å². The number of halogens is 2. The summed E-state index contributed by atoms with van der Waals surface area (Å²) in [6.07, 6.45) is -0.919. The van der Waals surface area contributed by atoms with E-state index in [0.717, 1.165) is 11.1 Å². The summed E-state index contributed by atoms with van der Waals surface area (Å²) in [6, 6.07) is 12.1. The van der Waals surface area contributed by atoms with Crippen molar-refractivity contribution in [1.82, 2.24) is 9.78 Å². The maximum Gasteiger partial charge on any atom is 0.274 e. The first-order valence-electron chi connectivity index (χ1n) is 7.68. The largest absolute Gasteiger partial charge is 0.489 e. The third-order valence-corrected chi connectivity index (χ3v) is 4.29. The van der Waals surface area contributed by atoms with E-state index in [4.69, 9.17) is 27.9 Å². The fraction of sp³-hybridized carbons (Fsp3) is 0.222. The standard InChI is InChI=1S/C18H16Cl2N2O3/c1-11-14-4-2-3-5-15(14)18(24)22(21-11)9-13(23)10-25-17-7-6-12(19)8-16(17)20/h2-8,13,23H,9-10H2,1H3/t13-/m0/s1. The number of hydrogen-bond acceptors (Lipinski definition) is 4. The molecule has 0 fully saturated rings. The van der Waals surface area contributed by atoms with E-state index in [1.54, 1.807) is 30.3 Å². The second-order valence-corrected chi connectivity index (χ2v) is 6.50. The Morgan fingerprint density at radius 3 is 2.64 bits per heavy atom. The van der Waals surface area contributed by atoms with E-state index in [1.165, 1.54) is 4.68 Å². The number of aryl methyl sites for hydroxylation is 1. The summed E-state index contributed by atoms with van der Waals surface area (Å²) in [4.78, 5) is 12.5. The van der Waals surface area contributed by atoms with Gasteiger partial charge in [-0.05, 0) is 31.2 Å². The molecule has 0 saturated carbocycles. The van der Waals surface area contributed by atoms with Crippen molar-refractivity contribution in [3.05, 3.63) is 68.6 Å². The van der Waals surface area contributed by atoms with Gasteiger partial charge in [0.2, 0.25) is 0 Å². The Labute approximate surface area is 154 Å². The van der Waals surface area contributed by atoms with E-state index in [1.807, 2.05) is 19.1 Å². The third kappa shape index (κ3) is 3.95. The minimum Gasteiger partial charge on any atom is -0.489 e. The number of aliphatic hydroxyl groups is 1. The van der Waals surface area contributed by atoms with Crippen molar-refractivity contribution in [2.45, 2.75) is 19.6 Å². The molecule has 5 nitrogen and oxygen atoms in total. The molecule has 0 radical (unpaired) electrons. The average Bonchev–Trinajstić information content (AvgIpc) is 2.59. The number of hydrogen-bond donors (Lipinski definition) is 1. The Morgan fingerprint density at radius 1 is 1.20 bits per heavy atom. The minimum atomic E-state index is -0.919. The predicted molar refractivity (Wildman–Crippen MR) is 98.7 cm³/mol. The molecule has 0 aliphatic heterocycles. The number of fused-ring (bicyclic) bond motifs is 1. The van der Waals surface area contributed by atoms with Gasteiger partial charge >= 0.3 is 0 Å². The van der Waals surface area contributed by atoms with Crippen LogP contribution in [0, 0.1) is 6.92 Å². The summed E-state index contributed by atoms with van der Waals surface area (Å²) < 4.78 is 6.76. The summed E-state index contributed by atoms with van der Waals surface area (Å²) in [6.45, 7) is 1.83. The molecule has 1 atom stereocenters. The fourth-order valence-corrected chi connectivity index (χ4v) is 3.02. The highest BCUT2D eigenvalue weighted by molar-refractivity contribution is 6.35. The van der Waals surface area contributed by atoms with Crippen LogP contribution in [0.1, 0.15) is 5.69 Å². The second-order valence-electron chi connectivity index (χ2n) is 5.66. The quantitative estimate of drug-likeness (QED) is 0.738. The molecule has 1 heterocycles. The van der Waals surface area contributed by atoms with Gasteiger partial charge in [-0.3, -0.25) is 4.79 Å². The lowest BCUT2D eigenvalue weighted by atomic mass is 10.1. The van der Waals surface area contributed by atoms with Gasteiger partial charge in [-0.1, -0.05) is 41.4 Å². The van der Waals surface area contributed by atoms with Gasteiger partial charge in [0.25, 0.3) is 5.56 Å². The van der Waals surface area contributed by atoms with Crippen molar-refractivity contribution < 1.29 is 9.84 Å². The molecule has 25 heavy (non-hydrogen) atoms. The molecule has 7 heteroatoms. The Bertz CT molecular complexity index is 972. The molecule has 0 amide bonds. The van der Waals surface area contributed by atoms with E-state index in [-0.39, 0.29) is 18.7 Å². The van der Waals surface area contributed by atoms with E-state index < -0.39 is 6.10 Å². The normalized spacial score (nSPS) is 12.3. The molecular weight excluding hydrogens is 363 g/mol. The number of aromatic nitrogens is 2. The van der Waals surface area contributed by atoms with Crippen molar-refractivity contribution in [3.8, 4) is 5.75 Å².